The van der Waals surface area contributed by atoms with Gasteiger partial charge in [0.25, 0.3) is 0 Å². The minimum Gasteiger partial charge on any atom is -0.455 e. The fourth-order valence-electron chi connectivity index (χ4n) is 7.92. The highest BCUT2D eigenvalue weighted by molar-refractivity contribution is 6.09. The van der Waals surface area contributed by atoms with Crippen molar-refractivity contribution in [3.05, 3.63) is 224 Å². The van der Waals surface area contributed by atoms with Crippen molar-refractivity contribution in [2.24, 2.45) is 0 Å². The highest BCUT2D eigenvalue weighted by Crippen LogP contribution is 2.41. The first-order valence-corrected chi connectivity index (χ1v) is 19.1. The summed E-state index contributed by atoms with van der Waals surface area (Å²) in [5.41, 5.74) is 16.8. The first-order chi connectivity index (χ1) is 27.8. The molecule has 0 atom stereocenters. The number of nitrogens with zero attached hydrogens (tertiary/aromatic N) is 1. The van der Waals surface area contributed by atoms with Crippen LogP contribution in [-0.4, -0.2) is 0 Å². The van der Waals surface area contributed by atoms with Crippen LogP contribution in [0.1, 0.15) is 0 Å². The van der Waals surface area contributed by atoms with Gasteiger partial charge in [-0.15, -0.1) is 0 Å². The van der Waals surface area contributed by atoms with Gasteiger partial charge >= 0.3 is 0 Å². The molecule has 10 aromatic rings. The average Bonchev–Trinajstić information content (AvgIpc) is 3.67. The molecule has 0 amide bonds. The van der Waals surface area contributed by atoms with E-state index in [-0.39, 0.29) is 0 Å². The van der Waals surface area contributed by atoms with Crippen LogP contribution in [-0.2, 0) is 0 Å². The van der Waals surface area contributed by atoms with E-state index in [4.69, 9.17) is 4.42 Å². The summed E-state index contributed by atoms with van der Waals surface area (Å²) in [6.45, 7) is 0. The Hall–Kier alpha value is -7.42. The largest absolute Gasteiger partial charge is 0.455 e. The monoisotopic (exact) mass is 715 g/mol. The van der Waals surface area contributed by atoms with Crippen molar-refractivity contribution in [2.75, 3.05) is 4.90 Å². The Kier molecular flexibility index (Phi) is 8.55. The predicted molar refractivity (Wildman–Crippen MR) is 236 cm³/mol. The lowest BCUT2D eigenvalue weighted by Crippen LogP contribution is -2.10. The van der Waals surface area contributed by atoms with Crippen molar-refractivity contribution < 1.29 is 4.42 Å². The Morgan fingerprint density at radius 1 is 0.268 bits per heavy atom. The van der Waals surface area contributed by atoms with Crippen LogP contribution in [0.5, 0.6) is 0 Å². The Balaban J connectivity index is 1.05. The minimum atomic E-state index is 0.905. The van der Waals surface area contributed by atoms with Gasteiger partial charge in [-0.25, -0.2) is 0 Å². The molecule has 56 heavy (non-hydrogen) atoms. The van der Waals surface area contributed by atoms with Gasteiger partial charge in [0.15, 0.2) is 0 Å². The van der Waals surface area contributed by atoms with Gasteiger partial charge in [0.2, 0.25) is 0 Å². The standard InChI is InChI=1S/C54H37NO/c1-4-14-38(15-5-1)43-20-12-21-47(36-43)55(46-33-28-42(29-34-46)49-23-13-24-51-50-22-10-11-25-53(50)56-54(49)51)45-31-26-39(27-32-45)44-30-35-48(40-16-6-2-7-17-40)52(37-44)41-18-8-3-9-19-41/h1-37H. The smallest absolute Gasteiger partial charge is 0.143 e. The number of hydrogen-bond acceptors (Lipinski definition) is 2. The summed E-state index contributed by atoms with van der Waals surface area (Å²) < 4.78 is 6.41. The van der Waals surface area contributed by atoms with E-state index in [1.165, 1.54) is 38.9 Å². The van der Waals surface area contributed by atoms with Gasteiger partial charge in [-0.2, -0.15) is 0 Å². The SMILES string of the molecule is c1ccc(-c2cccc(N(c3ccc(-c4ccc(-c5ccccc5)c(-c5ccccc5)c4)cc3)c3ccc(-c4cccc5c4oc4ccccc45)cc3)c2)cc1. The number of benzene rings is 9. The van der Waals surface area contributed by atoms with Gasteiger partial charge in [-0.3, -0.25) is 0 Å². The summed E-state index contributed by atoms with van der Waals surface area (Å²) >= 11 is 0. The molecule has 0 aliphatic heterocycles. The second-order valence-corrected chi connectivity index (χ2v) is 14.1. The molecule has 0 fully saturated rings. The fourth-order valence-corrected chi connectivity index (χ4v) is 7.92. The highest BCUT2D eigenvalue weighted by Gasteiger charge is 2.17. The van der Waals surface area contributed by atoms with E-state index >= 15 is 0 Å². The van der Waals surface area contributed by atoms with E-state index < -0.39 is 0 Å². The van der Waals surface area contributed by atoms with Crippen molar-refractivity contribution >= 4 is 39.0 Å². The molecule has 0 saturated heterocycles. The topological polar surface area (TPSA) is 16.4 Å². The van der Waals surface area contributed by atoms with Crippen molar-refractivity contribution in [3.63, 3.8) is 0 Å². The number of rotatable bonds is 8. The third kappa shape index (κ3) is 6.24. The highest BCUT2D eigenvalue weighted by atomic mass is 16.3. The molecule has 1 aromatic heterocycles. The second kappa shape index (κ2) is 14.4. The zero-order valence-corrected chi connectivity index (χ0v) is 30.7. The first kappa shape index (κ1) is 33.2. The van der Waals surface area contributed by atoms with Gasteiger partial charge < -0.3 is 9.32 Å². The normalized spacial score (nSPS) is 11.2. The van der Waals surface area contributed by atoms with Crippen LogP contribution in [0.2, 0.25) is 0 Å². The molecule has 264 valence electrons. The maximum Gasteiger partial charge on any atom is 0.143 e. The molecule has 0 radical (unpaired) electrons. The number of para-hydroxylation sites is 2. The summed E-state index contributed by atoms with van der Waals surface area (Å²) in [6.07, 6.45) is 0. The van der Waals surface area contributed by atoms with Gasteiger partial charge in [0.05, 0.1) is 0 Å². The summed E-state index contributed by atoms with van der Waals surface area (Å²) in [7, 11) is 0. The van der Waals surface area contributed by atoms with Crippen molar-refractivity contribution in [1.29, 1.82) is 0 Å². The maximum absolute atomic E-state index is 6.41. The molecule has 0 aliphatic carbocycles. The second-order valence-electron chi connectivity index (χ2n) is 14.1. The average molecular weight is 716 g/mol. The van der Waals surface area contributed by atoms with E-state index in [9.17, 15) is 0 Å². The van der Waals surface area contributed by atoms with Gasteiger partial charge in [-0.05, 0) is 98.6 Å². The molecule has 2 heteroatoms. The van der Waals surface area contributed by atoms with Crippen LogP contribution < -0.4 is 4.90 Å². The lowest BCUT2D eigenvalue weighted by atomic mass is 9.91. The molecule has 0 saturated carbocycles. The van der Waals surface area contributed by atoms with Crippen LogP contribution in [0.25, 0.3) is 77.6 Å². The Morgan fingerprint density at radius 2 is 0.750 bits per heavy atom. The van der Waals surface area contributed by atoms with Crippen molar-refractivity contribution in [3.8, 4) is 55.6 Å². The van der Waals surface area contributed by atoms with Crippen molar-refractivity contribution in [1.82, 2.24) is 0 Å². The Labute approximate surface area is 327 Å². The molecule has 2 nitrogen and oxygen atoms in total. The van der Waals surface area contributed by atoms with Gasteiger partial charge in [-0.1, -0.05) is 176 Å². The lowest BCUT2D eigenvalue weighted by Gasteiger charge is -2.26. The fraction of sp³-hybridized carbons (Fsp3) is 0. The number of fused-ring (bicyclic) bond motifs is 3. The Bertz CT molecular complexity index is 2930. The van der Waals surface area contributed by atoms with Gasteiger partial charge in [0.1, 0.15) is 11.2 Å². The van der Waals surface area contributed by atoms with Crippen LogP contribution in [0.4, 0.5) is 17.1 Å². The summed E-state index contributed by atoms with van der Waals surface area (Å²) in [4.78, 5) is 2.34. The quantitative estimate of drug-likeness (QED) is 0.156. The van der Waals surface area contributed by atoms with Gasteiger partial charge in [0, 0.05) is 33.4 Å². The van der Waals surface area contributed by atoms with Crippen LogP contribution in [0.3, 0.4) is 0 Å². The van der Waals surface area contributed by atoms with E-state index in [0.29, 0.717) is 0 Å². The van der Waals surface area contributed by atoms with Crippen LogP contribution in [0, 0.1) is 0 Å². The van der Waals surface area contributed by atoms with E-state index in [2.05, 4.69) is 217 Å². The van der Waals surface area contributed by atoms with E-state index in [1.807, 2.05) is 12.1 Å². The maximum atomic E-state index is 6.41. The zero-order valence-electron chi connectivity index (χ0n) is 30.7. The molecule has 0 bridgehead atoms. The molecule has 10 rings (SSSR count). The summed E-state index contributed by atoms with van der Waals surface area (Å²) in [6, 6.07) is 80.0. The summed E-state index contributed by atoms with van der Waals surface area (Å²) in [5.74, 6) is 0. The Morgan fingerprint density at radius 3 is 1.45 bits per heavy atom. The molecule has 1 heterocycles. The number of furan rings is 1. The molecule has 0 N–H and O–H groups in total. The van der Waals surface area contributed by atoms with E-state index in [0.717, 1.165) is 55.7 Å². The number of anilines is 3. The molecular weight excluding hydrogens is 679 g/mol. The molecule has 0 spiro atoms. The number of hydrogen-bond donors (Lipinski definition) is 0. The van der Waals surface area contributed by atoms with Crippen LogP contribution >= 0.6 is 0 Å². The van der Waals surface area contributed by atoms with Crippen LogP contribution in [0.15, 0.2) is 229 Å². The molecule has 0 unspecified atom stereocenters. The molecular formula is C54H37NO. The molecule has 9 aromatic carbocycles. The predicted octanol–water partition coefficient (Wildman–Crippen LogP) is 15.4. The summed E-state index contributed by atoms with van der Waals surface area (Å²) in [5, 5.41) is 2.27. The lowest BCUT2D eigenvalue weighted by molar-refractivity contribution is 0.670. The first-order valence-electron chi connectivity index (χ1n) is 19.1. The third-order valence-electron chi connectivity index (χ3n) is 10.7. The third-order valence-corrected chi connectivity index (χ3v) is 10.7. The zero-order chi connectivity index (χ0) is 37.3. The van der Waals surface area contributed by atoms with E-state index in [1.54, 1.807) is 0 Å². The van der Waals surface area contributed by atoms with Crippen molar-refractivity contribution in [2.45, 2.75) is 0 Å². The minimum absolute atomic E-state index is 0.905. The molecule has 0 aliphatic rings.